The van der Waals surface area contributed by atoms with Crippen LogP contribution in [0, 0.1) is 5.41 Å². The Labute approximate surface area is 137 Å². The SMILES string of the molecule is O=C(NCc1cccc(C2COC2)c1)NC12CC(C(F)(F)F)(C1)C2. The van der Waals surface area contributed by atoms with E-state index in [-0.39, 0.29) is 19.3 Å². The Morgan fingerprint density at radius 2 is 1.96 bits per heavy atom. The summed E-state index contributed by atoms with van der Waals surface area (Å²) in [5.74, 6) is 0.415. The lowest BCUT2D eigenvalue weighted by atomic mass is 9.39. The topological polar surface area (TPSA) is 50.4 Å². The maximum Gasteiger partial charge on any atom is 0.394 e. The van der Waals surface area contributed by atoms with Crippen molar-refractivity contribution in [1.82, 2.24) is 10.6 Å². The Morgan fingerprint density at radius 1 is 1.25 bits per heavy atom. The van der Waals surface area contributed by atoms with Crippen molar-refractivity contribution < 1.29 is 22.7 Å². The molecule has 1 aromatic carbocycles. The first kappa shape index (κ1) is 15.7. The Kier molecular flexibility index (Phi) is 3.36. The van der Waals surface area contributed by atoms with Crippen LogP contribution >= 0.6 is 0 Å². The number of carbonyl (C=O) groups excluding carboxylic acids is 1. The molecule has 3 saturated carbocycles. The predicted octanol–water partition coefficient (Wildman–Crippen LogP) is 3.08. The fraction of sp³-hybridized carbons (Fsp3) is 0.588. The van der Waals surface area contributed by atoms with Gasteiger partial charge < -0.3 is 15.4 Å². The van der Waals surface area contributed by atoms with Gasteiger partial charge >= 0.3 is 12.2 Å². The average molecular weight is 340 g/mol. The van der Waals surface area contributed by atoms with E-state index in [1.807, 2.05) is 24.3 Å². The number of hydrogen-bond acceptors (Lipinski definition) is 2. The molecule has 1 saturated heterocycles. The van der Waals surface area contributed by atoms with E-state index >= 15 is 0 Å². The smallest absolute Gasteiger partial charge is 0.380 e. The van der Waals surface area contributed by atoms with Crippen LogP contribution in [0.3, 0.4) is 0 Å². The van der Waals surface area contributed by atoms with Crippen LogP contribution in [-0.4, -0.2) is 31.0 Å². The minimum Gasteiger partial charge on any atom is -0.380 e. The van der Waals surface area contributed by atoms with Gasteiger partial charge in [0.05, 0.1) is 18.6 Å². The monoisotopic (exact) mass is 340 g/mol. The van der Waals surface area contributed by atoms with Gasteiger partial charge in [-0.1, -0.05) is 24.3 Å². The van der Waals surface area contributed by atoms with Crippen LogP contribution in [0.4, 0.5) is 18.0 Å². The van der Waals surface area contributed by atoms with E-state index in [4.69, 9.17) is 4.74 Å². The molecule has 5 rings (SSSR count). The minimum absolute atomic E-state index is 0.00802. The fourth-order valence-electron chi connectivity index (χ4n) is 4.07. The summed E-state index contributed by atoms with van der Waals surface area (Å²) in [6.07, 6.45) is -4.13. The highest BCUT2D eigenvalue weighted by Crippen LogP contribution is 2.73. The third kappa shape index (κ3) is 2.46. The van der Waals surface area contributed by atoms with Crippen molar-refractivity contribution in [1.29, 1.82) is 0 Å². The van der Waals surface area contributed by atoms with Crippen molar-refractivity contribution in [3.8, 4) is 0 Å². The second kappa shape index (κ2) is 5.12. The minimum atomic E-state index is -4.15. The molecule has 0 atom stereocenters. The Hall–Kier alpha value is -1.76. The maximum atomic E-state index is 12.8. The van der Waals surface area contributed by atoms with Gasteiger partial charge in [0.25, 0.3) is 0 Å². The van der Waals surface area contributed by atoms with Crippen molar-refractivity contribution >= 4 is 6.03 Å². The molecule has 0 radical (unpaired) electrons. The summed E-state index contributed by atoms with van der Waals surface area (Å²) in [5.41, 5.74) is -0.0316. The first-order valence-corrected chi connectivity index (χ1v) is 8.10. The molecule has 2 bridgehead atoms. The number of amides is 2. The molecule has 2 amide bonds. The summed E-state index contributed by atoms with van der Waals surface area (Å²) >= 11 is 0. The van der Waals surface area contributed by atoms with Crippen LogP contribution in [0.1, 0.15) is 36.3 Å². The lowest BCUT2D eigenvalue weighted by molar-refractivity contribution is -0.336. The molecule has 24 heavy (non-hydrogen) atoms. The number of halogens is 3. The quantitative estimate of drug-likeness (QED) is 0.885. The molecule has 1 heterocycles. The van der Waals surface area contributed by atoms with Crippen LogP contribution in [-0.2, 0) is 11.3 Å². The van der Waals surface area contributed by atoms with E-state index in [9.17, 15) is 18.0 Å². The Bertz CT molecular complexity index is 650. The van der Waals surface area contributed by atoms with Gasteiger partial charge in [0.2, 0.25) is 0 Å². The molecule has 1 aromatic rings. The van der Waals surface area contributed by atoms with Crippen LogP contribution in [0.25, 0.3) is 0 Å². The molecular weight excluding hydrogens is 321 g/mol. The highest BCUT2D eigenvalue weighted by Gasteiger charge is 2.79. The molecule has 2 N–H and O–H groups in total. The number of carbonyl (C=O) groups is 1. The van der Waals surface area contributed by atoms with Crippen molar-refractivity contribution in [3.63, 3.8) is 0 Å². The number of hydrogen-bond donors (Lipinski definition) is 2. The summed E-state index contributed by atoms with van der Waals surface area (Å²) in [6.45, 7) is 1.80. The van der Waals surface area contributed by atoms with E-state index < -0.39 is 23.2 Å². The number of rotatable bonds is 4. The zero-order valence-electron chi connectivity index (χ0n) is 13.1. The molecule has 4 aliphatic rings. The van der Waals surface area contributed by atoms with Crippen LogP contribution in [0.2, 0.25) is 0 Å². The molecule has 0 unspecified atom stereocenters. The van der Waals surface area contributed by atoms with Gasteiger partial charge in [0.15, 0.2) is 0 Å². The van der Waals surface area contributed by atoms with Crippen LogP contribution < -0.4 is 10.6 Å². The number of alkyl halides is 3. The van der Waals surface area contributed by atoms with Crippen molar-refractivity contribution in [2.75, 3.05) is 13.2 Å². The molecule has 7 heteroatoms. The molecule has 130 valence electrons. The Morgan fingerprint density at radius 3 is 2.54 bits per heavy atom. The van der Waals surface area contributed by atoms with Gasteiger partial charge in [-0.2, -0.15) is 13.2 Å². The summed E-state index contributed by atoms with van der Waals surface area (Å²) in [5, 5.41) is 5.45. The molecule has 0 spiro atoms. The van der Waals surface area contributed by atoms with Crippen molar-refractivity contribution in [2.45, 2.75) is 43.4 Å². The second-order valence-corrected chi connectivity index (χ2v) is 7.38. The summed E-state index contributed by atoms with van der Waals surface area (Å²) in [4.78, 5) is 12.0. The van der Waals surface area contributed by atoms with Gasteiger partial charge in [-0.15, -0.1) is 0 Å². The van der Waals surface area contributed by atoms with E-state index in [0.717, 1.165) is 18.8 Å². The van der Waals surface area contributed by atoms with E-state index in [0.29, 0.717) is 12.5 Å². The third-order valence-corrected chi connectivity index (χ3v) is 5.52. The maximum absolute atomic E-state index is 12.8. The summed E-state index contributed by atoms with van der Waals surface area (Å²) in [6, 6.07) is 7.53. The zero-order valence-corrected chi connectivity index (χ0v) is 13.1. The van der Waals surface area contributed by atoms with Crippen LogP contribution in [0.5, 0.6) is 0 Å². The van der Waals surface area contributed by atoms with Crippen LogP contribution in [0.15, 0.2) is 24.3 Å². The lowest BCUT2D eigenvalue weighted by Gasteiger charge is -2.70. The van der Waals surface area contributed by atoms with Gasteiger partial charge in [0.1, 0.15) is 0 Å². The van der Waals surface area contributed by atoms with Gasteiger partial charge in [-0.3, -0.25) is 0 Å². The van der Waals surface area contributed by atoms with Crippen molar-refractivity contribution in [2.24, 2.45) is 5.41 Å². The third-order valence-electron chi connectivity index (χ3n) is 5.52. The summed E-state index contributed by atoms with van der Waals surface area (Å²) in [7, 11) is 0. The lowest BCUT2D eigenvalue weighted by Crippen LogP contribution is -2.79. The predicted molar refractivity (Wildman–Crippen MR) is 80.4 cm³/mol. The van der Waals surface area contributed by atoms with Gasteiger partial charge in [0, 0.05) is 18.0 Å². The van der Waals surface area contributed by atoms with Gasteiger partial charge in [-0.25, -0.2) is 4.79 Å². The number of ether oxygens (including phenoxy) is 1. The first-order valence-electron chi connectivity index (χ1n) is 8.10. The zero-order chi connectivity index (χ0) is 17.0. The van der Waals surface area contributed by atoms with E-state index in [1.54, 1.807) is 0 Å². The number of nitrogens with one attached hydrogen (secondary N) is 2. The summed E-state index contributed by atoms with van der Waals surface area (Å²) < 4.78 is 43.6. The normalized spacial score (nSPS) is 31.5. The first-order chi connectivity index (χ1) is 11.3. The highest BCUT2D eigenvalue weighted by atomic mass is 19.4. The average Bonchev–Trinajstić information content (AvgIpc) is 2.36. The molecular formula is C17H19F3N2O2. The molecule has 0 aromatic heterocycles. The molecule has 1 aliphatic heterocycles. The fourth-order valence-corrected chi connectivity index (χ4v) is 4.07. The van der Waals surface area contributed by atoms with Gasteiger partial charge in [-0.05, 0) is 30.4 Å². The molecule has 3 aliphatic carbocycles. The number of urea groups is 1. The largest absolute Gasteiger partial charge is 0.394 e. The highest BCUT2D eigenvalue weighted by molar-refractivity contribution is 5.75. The standard InChI is InChI=1S/C17H19F3N2O2/c18-17(19,20)15-8-16(9-15,10-15)22-14(23)21-5-11-2-1-3-12(4-11)13-6-24-7-13/h1-4,13H,5-10H2,(H2,21,22,23). The molecule has 4 fully saturated rings. The molecule has 4 nitrogen and oxygen atoms in total. The van der Waals surface area contributed by atoms with Crippen molar-refractivity contribution in [3.05, 3.63) is 35.4 Å². The van der Waals surface area contributed by atoms with E-state index in [2.05, 4.69) is 10.6 Å². The second-order valence-electron chi connectivity index (χ2n) is 7.38. The Balaban J connectivity index is 1.26. The number of benzene rings is 1. The van der Waals surface area contributed by atoms with E-state index in [1.165, 1.54) is 5.56 Å².